The van der Waals surface area contributed by atoms with Crippen LogP contribution in [0, 0.1) is 13.8 Å². The third-order valence-corrected chi connectivity index (χ3v) is 4.46. The van der Waals surface area contributed by atoms with Gasteiger partial charge < -0.3 is 10.5 Å². The summed E-state index contributed by atoms with van der Waals surface area (Å²) in [6, 6.07) is 10.3. The molecular formula is C18H21Cl2NO. The Kier molecular flexibility index (Phi) is 5.74. The zero-order chi connectivity index (χ0) is 16.3. The summed E-state index contributed by atoms with van der Waals surface area (Å²) in [7, 11) is 1.56. The first kappa shape index (κ1) is 17.1. The van der Waals surface area contributed by atoms with Gasteiger partial charge in [-0.2, -0.15) is 0 Å². The van der Waals surface area contributed by atoms with E-state index < -0.39 is 0 Å². The summed E-state index contributed by atoms with van der Waals surface area (Å²) in [4.78, 5) is 0. The van der Waals surface area contributed by atoms with Crippen LogP contribution in [0.15, 0.2) is 30.3 Å². The molecule has 0 bridgehead atoms. The molecule has 4 heteroatoms. The normalized spacial score (nSPS) is 12.3. The number of methoxy groups -OCH3 is 1. The van der Waals surface area contributed by atoms with Crippen LogP contribution in [-0.4, -0.2) is 13.7 Å². The zero-order valence-electron chi connectivity index (χ0n) is 13.1. The second-order valence-corrected chi connectivity index (χ2v) is 6.40. The van der Waals surface area contributed by atoms with Gasteiger partial charge in [0, 0.05) is 5.92 Å². The lowest BCUT2D eigenvalue weighted by Gasteiger charge is -2.19. The van der Waals surface area contributed by atoms with Crippen LogP contribution < -0.4 is 10.5 Å². The molecule has 22 heavy (non-hydrogen) atoms. The fraction of sp³-hybridized carbons (Fsp3) is 0.333. The molecule has 0 saturated heterocycles. The van der Waals surface area contributed by atoms with Gasteiger partial charge >= 0.3 is 0 Å². The molecular weight excluding hydrogens is 317 g/mol. The standard InChI is InChI=1S/C18H21Cl2NO/c1-11-4-5-12(2)15(6-11)14(10-21)7-13-8-16(19)18(22-3)17(20)9-13/h4-6,8-9,14H,7,10,21H2,1-3H3. The van der Waals surface area contributed by atoms with Crippen LogP contribution in [0.4, 0.5) is 0 Å². The van der Waals surface area contributed by atoms with Crippen molar-refractivity contribution in [3.05, 3.63) is 62.6 Å². The van der Waals surface area contributed by atoms with Crippen LogP contribution >= 0.6 is 23.2 Å². The van der Waals surface area contributed by atoms with E-state index in [1.807, 2.05) is 12.1 Å². The maximum atomic E-state index is 6.22. The molecule has 2 N–H and O–H groups in total. The summed E-state index contributed by atoms with van der Waals surface area (Å²) >= 11 is 12.4. The van der Waals surface area contributed by atoms with Gasteiger partial charge in [0.05, 0.1) is 17.2 Å². The molecule has 2 aromatic rings. The van der Waals surface area contributed by atoms with Gasteiger partial charge in [-0.3, -0.25) is 0 Å². The summed E-state index contributed by atoms with van der Waals surface area (Å²) in [6.45, 7) is 4.79. The summed E-state index contributed by atoms with van der Waals surface area (Å²) in [5, 5.41) is 1.06. The van der Waals surface area contributed by atoms with Gasteiger partial charge in [-0.05, 0) is 55.6 Å². The van der Waals surface area contributed by atoms with E-state index in [-0.39, 0.29) is 5.92 Å². The number of benzene rings is 2. The minimum atomic E-state index is 0.237. The lowest BCUT2D eigenvalue weighted by Crippen LogP contribution is -2.16. The molecule has 0 saturated carbocycles. The first-order valence-electron chi connectivity index (χ1n) is 7.25. The molecule has 2 nitrogen and oxygen atoms in total. The van der Waals surface area contributed by atoms with E-state index >= 15 is 0 Å². The molecule has 2 aromatic carbocycles. The number of halogens is 2. The van der Waals surface area contributed by atoms with Crippen LogP contribution in [0.2, 0.25) is 10.0 Å². The van der Waals surface area contributed by atoms with Crippen molar-refractivity contribution in [2.75, 3.05) is 13.7 Å². The molecule has 0 aliphatic heterocycles. The highest BCUT2D eigenvalue weighted by Gasteiger charge is 2.16. The number of hydrogen-bond acceptors (Lipinski definition) is 2. The van der Waals surface area contributed by atoms with Gasteiger partial charge in [0.2, 0.25) is 0 Å². The van der Waals surface area contributed by atoms with E-state index in [9.17, 15) is 0 Å². The van der Waals surface area contributed by atoms with E-state index in [1.54, 1.807) is 7.11 Å². The molecule has 1 atom stereocenters. The Hall–Kier alpha value is -1.22. The molecule has 0 aliphatic rings. The van der Waals surface area contributed by atoms with Crippen LogP contribution in [0.1, 0.15) is 28.2 Å². The summed E-state index contributed by atoms with van der Waals surface area (Å²) in [6.07, 6.45) is 0.796. The highest BCUT2D eigenvalue weighted by Crippen LogP contribution is 2.35. The lowest BCUT2D eigenvalue weighted by atomic mass is 9.88. The van der Waals surface area contributed by atoms with Gasteiger partial charge in [0.25, 0.3) is 0 Å². The molecule has 0 heterocycles. The number of hydrogen-bond donors (Lipinski definition) is 1. The topological polar surface area (TPSA) is 35.2 Å². The average Bonchev–Trinajstić information content (AvgIpc) is 2.47. The molecule has 118 valence electrons. The molecule has 0 aliphatic carbocycles. The molecule has 0 fully saturated rings. The maximum absolute atomic E-state index is 6.22. The van der Waals surface area contributed by atoms with Crippen molar-refractivity contribution >= 4 is 23.2 Å². The monoisotopic (exact) mass is 337 g/mol. The zero-order valence-corrected chi connectivity index (χ0v) is 14.6. The average molecular weight is 338 g/mol. The highest BCUT2D eigenvalue weighted by molar-refractivity contribution is 6.37. The minimum Gasteiger partial charge on any atom is -0.494 e. The predicted molar refractivity (Wildman–Crippen MR) is 94.4 cm³/mol. The molecule has 0 aromatic heterocycles. The van der Waals surface area contributed by atoms with Gasteiger partial charge in [-0.25, -0.2) is 0 Å². The van der Waals surface area contributed by atoms with Crippen molar-refractivity contribution < 1.29 is 4.74 Å². The quantitative estimate of drug-likeness (QED) is 0.841. The van der Waals surface area contributed by atoms with Crippen LogP contribution in [0.3, 0.4) is 0 Å². The second-order valence-electron chi connectivity index (χ2n) is 5.59. The SMILES string of the molecule is COc1c(Cl)cc(CC(CN)c2cc(C)ccc2C)cc1Cl. The van der Waals surface area contributed by atoms with Gasteiger partial charge in [-0.1, -0.05) is 47.0 Å². The smallest absolute Gasteiger partial charge is 0.156 e. The van der Waals surface area contributed by atoms with Crippen LogP contribution in [0.25, 0.3) is 0 Å². The van der Waals surface area contributed by atoms with Crippen molar-refractivity contribution in [3.8, 4) is 5.75 Å². The van der Waals surface area contributed by atoms with E-state index in [2.05, 4.69) is 32.0 Å². The summed E-state index contributed by atoms with van der Waals surface area (Å²) in [5.74, 6) is 0.753. The Morgan fingerprint density at radius 1 is 1.09 bits per heavy atom. The van der Waals surface area contributed by atoms with E-state index in [0.29, 0.717) is 22.3 Å². The second kappa shape index (κ2) is 7.36. The Labute approximate surface area is 142 Å². The van der Waals surface area contributed by atoms with Gasteiger partial charge in [0.15, 0.2) is 5.75 Å². The number of nitrogens with two attached hydrogens (primary N) is 1. The number of ether oxygens (including phenoxy) is 1. The first-order chi connectivity index (χ1) is 10.5. The van der Waals surface area contributed by atoms with Crippen molar-refractivity contribution in [1.29, 1.82) is 0 Å². The fourth-order valence-corrected chi connectivity index (χ4v) is 3.42. The molecule has 0 spiro atoms. The van der Waals surface area contributed by atoms with Crippen molar-refractivity contribution in [2.24, 2.45) is 5.73 Å². The van der Waals surface area contributed by atoms with Crippen molar-refractivity contribution in [3.63, 3.8) is 0 Å². The molecule has 0 amide bonds. The van der Waals surface area contributed by atoms with E-state index in [4.69, 9.17) is 33.7 Å². The minimum absolute atomic E-state index is 0.237. The first-order valence-corrected chi connectivity index (χ1v) is 8.01. The number of rotatable bonds is 5. The molecule has 1 unspecified atom stereocenters. The Morgan fingerprint density at radius 2 is 1.73 bits per heavy atom. The Bertz CT molecular complexity index is 647. The lowest BCUT2D eigenvalue weighted by molar-refractivity contribution is 0.415. The van der Waals surface area contributed by atoms with Crippen LogP contribution in [-0.2, 0) is 6.42 Å². The van der Waals surface area contributed by atoms with Crippen molar-refractivity contribution in [1.82, 2.24) is 0 Å². The van der Waals surface area contributed by atoms with E-state index in [1.165, 1.54) is 16.7 Å². The van der Waals surface area contributed by atoms with Gasteiger partial charge in [-0.15, -0.1) is 0 Å². The molecule has 2 rings (SSSR count). The number of aryl methyl sites for hydroxylation is 2. The Balaban J connectivity index is 2.33. The van der Waals surface area contributed by atoms with Crippen molar-refractivity contribution in [2.45, 2.75) is 26.2 Å². The Morgan fingerprint density at radius 3 is 2.27 bits per heavy atom. The fourth-order valence-electron chi connectivity index (χ4n) is 2.73. The van der Waals surface area contributed by atoms with Gasteiger partial charge in [0.1, 0.15) is 0 Å². The van der Waals surface area contributed by atoms with Crippen LogP contribution in [0.5, 0.6) is 5.75 Å². The summed E-state index contributed by atoms with van der Waals surface area (Å²) in [5.41, 5.74) is 10.9. The third kappa shape index (κ3) is 3.75. The summed E-state index contributed by atoms with van der Waals surface area (Å²) < 4.78 is 5.19. The predicted octanol–water partition coefficient (Wildman–Crippen LogP) is 4.90. The molecule has 0 radical (unpaired) electrons. The highest BCUT2D eigenvalue weighted by atomic mass is 35.5. The maximum Gasteiger partial charge on any atom is 0.156 e. The van der Waals surface area contributed by atoms with E-state index in [0.717, 1.165) is 12.0 Å². The third-order valence-electron chi connectivity index (χ3n) is 3.90. The largest absolute Gasteiger partial charge is 0.494 e.